The van der Waals surface area contributed by atoms with Gasteiger partial charge in [0.25, 0.3) is 0 Å². The first-order valence-corrected chi connectivity index (χ1v) is 10.00. The fourth-order valence-electron chi connectivity index (χ4n) is 2.12. The van der Waals surface area contributed by atoms with Crippen molar-refractivity contribution in [3.8, 4) is 0 Å². The standard InChI is InChI=1S/C16H31O5P/c1-15(2)16(17)21-13-11-9-7-5-3-4-6-8-10-12-14-22(18,19)20/h1,3-14H2,2H3,(H2,18,19,20). The molecule has 0 aromatic heterocycles. The van der Waals surface area contributed by atoms with Gasteiger partial charge >= 0.3 is 13.6 Å². The second-order valence-electron chi connectivity index (χ2n) is 5.84. The quantitative estimate of drug-likeness (QED) is 0.215. The van der Waals surface area contributed by atoms with Crippen LogP contribution in [-0.4, -0.2) is 28.5 Å². The SMILES string of the molecule is C=C(C)C(=O)OCCCCCCCCCCCCP(=O)(O)O. The van der Waals surface area contributed by atoms with Crippen molar-refractivity contribution in [2.24, 2.45) is 0 Å². The Hall–Kier alpha value is -0.640. The lowest BCUT2D eigenvalue weighted by Gasteiger charge is -2.05. The Bertz CT molecular complexity index is 362. The summed E-state index contributed by atoms with van der Waals surface area (Å²) in [6.45, 7) is 5.65. The smallest absolute Gasteiger partial charge is 0.333 e. The van der Waals surface area contributed by atoms with E-state index < -0.39 is 7.60 Å². The summed E-state index contributed by atoms with van der Waals surface area (Å²) in [5.74, 6) is -0.307. The van der Waals surface area contributed by atoms with Crippen LogP contribution in [-0.2, 0) is 14.1 Å². The second kappa shape index (κ2) is 12.9. The molecule has 2 N–H and O–H groups in total. The van der Waals surface area contributed by atoms with Crippen molar-refractivity contribution < 1.29 is 23.9 Å². The summed E-state index contributed by atoms with van der Waals surface area (Å²) in [4.78, 5) is 28.5. The first-order valence-electron chi connectivity index (χ1n) is 8.20. The number of esters is 1. The Kier molecular flexibility index (Phi) is 12.5. The van der Waals surface area contributed by atoms with Crippen LogP contribution in [0.2, 0.25) is 0 Å². The molecule has 0 rings (SSSR count). The summed E-state index contributed by atoms with van der Waals surface area (Å²) in [6, 6.07) is 0. The Morgan fingerprint density at radius 1 is 0.909 bits per heavy atom. The average Bonchev–Trinajstić information content (AvgIpc) is 2.42. The largest absolute Gasteiger partial charge is 0.462 e. The van der Waals surface area contributed by atoms with Gasteiger partial charge in [-0.25, -0.2) is 4.79 Å². The molecule has 130 valence electrons. The highest BCUT2D eigenvalue weighted by molar-refractivity contribution is 7.51. The van der Waals surface area contributed by atoms with Crippen LogP contribution >= 0.6 is 7.60 Å². The average molecular weight is 334 g/mol. The molecule has 0 aliphatic heterocycles. The Balaban J connectivity index is 3.16. The highest BCUT2D eigenvalue weighted by atomic mass is 31.2. The van der Waals surface area contributed by atoms with Crippen LogP contribution in [0.1, 0.15) is 71.1 Å². The van der Waals surface area contributed by atoms with Crippen LogP contribution in [0, 0.1) is 0 Å². The van der Waals surface area contributed by atoms with Gasteiger partial charge in [-0.2, -0.15) is 0 Å². The molecule has 0 aliphatic rings. The maximum absolute atomic E-state index is 11.1. The van der Waals surface area contributed by atoms with Crippen molar-refractivity contribution >= 4 is 13.6 Å². The summed E-state index contributed by atoms with van der Waals surface area (Å²) in [7, 11) is -3.79. The molecule has 0 spiro atoms. The molecule has 0 saturated heterocycles. The first kappa shape index (κ1) is 21.4. The lowest BCUT2D eigenvalue weighted by Crippen LogP contribution is -2.05. The predicted octanol–water partition coefficient (Wildman–Crippen LogP) is 4.18. The van der Waals surface area contributed by atoms with E-state index in [2.05, 4.69) is 6.58 Å². The van der Waals surface area contributed by atoms with Crippen molar-refractivity contribution in [1.82, 2.24) is 0 Å². The van der Waals surface area contributed by atoms with E-state index in [0.29, 0.717) is 18.6 Å². The van der Waals surface area contributed by atoms with E-state index in [-0.39, 0.29) is 12.1 Å². The molecule has 0 fully saturated rings. The van der Waals surface area contributed by atoms with Gasteiger partial charge in [-0.3, -0.25) is 4.57 Å². The van der Waals surface area contributed by atoms with Crippen molar-refractivity contribution in [2.75, 3.05) is 12.8 Å². The molecule has 0 saturated carbocycles. The lowest BCUT2D eigenvalue weighted by atomic mass is 10.1. The van der Waals surface area contributed by atoms with Gasteiger partial charge in [0.2, 0.25) is 0 Å². The van der Waals surface area contributed by atoms with Crippen LogP contribution < -0.4 is 0 Å². The fraction of sp³-hybridized carbons (Fsp3) is 0.812. The first-order chi connectivity index (χ1) is 10.3. The Labute approximate surface area is 134 Å². The van der Waals surface area contributed by atoms with E-state index in [1.165, 1.54) is 19.3 Å². The number of rotatable bonds is 14. The zero-order valence-electron chi connectivity index (χ0n) is 13.8. The van der Waals surface area contributed by atoms with Crippen molar-refractivity contribution in [1.29, 1.82) is 0 Å². The maximum atomic E-state index is 11.1. The highest BCUT2D eigenvalue weighted by Gasteiger charge is 2.10. The molecule has 0 bridgehead atoms. The van der Waals surface area contributed by atoms with Gasteiger partial charge in [-0.15, -0.1) is 0 Å². The van der Waals surface area contributed by atoms with Crippen LogP contribution in [0.5, 0.6) is 0 Å². The van der Waals surface area contributed by atoms with Crippen LogP contribution in [0.4, 0.5) is 0 Å². The number of unbranched alkanes of at least 4 members (excludes halogenated alkanes) is 9. The molecule has 0 aromatic rings. The molecule has 0 heterocycles. The van der Waals surface area contributed by atoms with E-state index in [1.54, 1.807) is 6.92 Å². The number of carbonyl (C=O) groups excluding carboxylic acids is 1. The van der Waals surface area contributed by atoms with Gasteiger partial charge in [0.1, 0.15) is 0 Å². The maximum Gasteiger partial charge on any atom is 0.333 e. The summed E-state index contributed by atoms with van der Waals surface area (Å²) in [5.41, 5.74) is 0.445. The van der Waals surface area contributed by atoms with E-state index in [1.807, 2.05) is 0 Å². The van der Waals surface area contributed by atoms with Gasteiger partial charge < -0.3 is 14.5 Å². The zero-order chi connectivity index (χ0) is 16.8. The summed E-state index contributed by atoms with van der Waals surface area (Å²) in [5, 5.41) is 0. The minimum atomic E-state index is -3.79. The van der Waals surface area contributed by atoms with Gasteiger partial charge in [0, 0.05) is 11.7 Å². The molecule has 5 nitrogen and oxygen atoms in total. The monoisotopic (exact) mass is 334 g/mol. The van der Waals surface area contributed by atoms with Crippen LogP contribution in [0.25, 0.3) is 0 Å². The Morgan fingerprint density at radius 3 is 1.73 bits per heavy atom. The highest BCUT2D eigenvalue weighted by Crippen LogP contribution is 2.35. The summed E-state index contributed by atoms with van der Waals surface area (Å²) in [6.07, 6.45) is 10.4. The van der Waals surface area contributed by atoms with Gasteiger partial charge in [-0.1, -0.05) is 57.9 Å². The third-order valence-electron chi connectivity index (χ3n) is 3.43. The van der Waals surface area contributed by atoms with E-state index in [0.717, 1.165) is 38.5 Å². The Morgan fingerprint density at radius 2 is 1.32 bits per heavy atom. The molecule has 0 aromatic carbocycles. The van der Waals surface area contributed by atoms with Crippen molar-refractivity contribution in [2.45, 2.75) is 71.1 Å². The van der Waals surface area contributed by atoms with E-state index in [4.69, 9.17) is 14.5 Å². The molecule has 0 unspecified atom stereocenters. The number of carbonyl (C=O) groups is 1. The molecule has 0 amide bonds. The van der Waals surface area contributed by atoms with Crippen molar-refractivity contribution in [3.63, 3.8) is 0 Å². The van der Waals surface area contributed by atoms with Gasteiger partial charge in [0.15, 0.2) is 0 Å². The molecule has 6 heteroatoms. The minimum absolute atomic E-state index is 0.0168. The normalized spacial score (nSPS) is 11.4. The molecule has 0 atom stereocenters. The lowest BCUT2D eigenvalue weighted by molar-refractivity contribution is -0.139. The van der Waals surface area contributed by atoms with Gasteiger partial charge in [0.05, 0.1) is 6.61 Å². The van der Waals surface area contributed by atoms with Gasteiger partial charge in [-0.05, 0) is 19.8 Å². The van der Waals surface area contributed by atoms with Crippen molar-refractivity contribution in [3.05, 3.63) is 12.2 Å². The fourth-order valence-corrected chi connectivity index (χ4v) is 2.76. The third kappa shape index (κ3) is 15.7. The predicted molar refractivity (Wildman–Crippen MR) is 88.9 cm³/mol. The topological polar surface area (TPSA) is 83.8 Å². The summed E-state index contributed by atoms with van der Waals surface area (Å²) < 4.78 is 15.7. The molecule has 0 radical (unpaired) electrons. The molecule has 22 heavy (non-hydrogen) atoms. The zero-order valence-corrected chi connectivity index (χ0v) is 14.7. The number of hydrogen-bond donors (Lipinski definition) is 2. The molecular formula is C16H31O5P. The second-order valence-corrected chi connectivity index (χ2v) is 7.62. The van der Waals surface area contributed by atoms with E-state index >= 15 is 0 Å². The van der Waals surface area contributed by atoms with Crippen LogP contribution in [0.3, 0.4) is 0 Å². The van der Waals surface area contributed by atoms with E-state index in [9.17, 15) is 9.36 Å². The summed E-state index contributed by atoms with van der Waals surface area (Å²) >= 11 is 0. The minimum Gasteiger partial charge on any atom is -0.462 e. The molecular weight excluding hydrogens is 303 g/mol. The molecule has 0 aliphatic carbocycles. The number of ether oxygens (including phenoxy) is 1. The number of hydrogen-bond acceptors (Lipinski definition) is 3. The third-order valence-corrected chi connectivity index (χ3v) is 4.32. The van der Waals surface area contributed by atoms with Crippen LogP contribution in [0.15, 0.2) is 12.2 Å².